The monoisotopic (exact) mass is 429 g/mol. The highest BCUT2D eigenvalue weighted by molar-refractivity contribution is 9.10. The third kappa shape index (κ3) is 4.58. The molecule has 0 saturated carbocycles. The van der Waals surface area contributed by atoms with Crippen molar-refractivity contribution in [3.8, 4) is 5.75 Å². The topological polar surface area (TPSA) is 55.8 Å². The lowest BCUT2D eigenvalue weighted by molar-refractivity contribution is -0.142. The van der Waals surface area contributed by atoms with Gasteiger partial charge in [0.25, 0.3) is 5.91 Å². The summed E-state index contributed by atoms with van der Waals surface area (Å²) < 4.78 is 11.4. The number of thioether (sulfide) groups is 1. The van der Waals surface area contributed by atoms with Crippen LogP contribution in [0.3, 0.4) is 0 Å². The van der Waals surface area contributed by atoms with Crippen molar-refractivity contribution in [3.05, 3.63) is 33.1 Å². The van der Waals surface area contributed by atoms with Crippen molar-refractivity contribution in [2.24, 2.45) is 0 Å². The van der Waals surface area contributed by atoms with Gasteiger partial charge in [0.1, 0.15) is 10.1 Å². The van der Waals surface area contributed by atoms with Gasteiger partial charge < -0.3 is 9.47 Å². The first kappa shape index (κ1) is 19.0. The van der Waals surface area contributed by atoms with Crippen LogP contribution in [-0.2, 0) is 14.3 Å². The molecule has 0 bridgehead atoms. The van der Waals surface area contributed by atoms with Crippen LogP contribution in [0.15, 0.2) is 27.6 Å². The molecule has 1 aliphatic rings. The van der Waals surface area contributed by atoms with Crippen molar-refractivity contribution in [3.63, 3.8) is 0 Å². The Hall–Kier alpha value is -1.38. The van der Waals surface area contributed by atoms with E-state index >= 15 is 0 Å². The molecule has 1 aromatic rings. The molecule has 5 nitrogen and oxygen atoms in total. The van der Waals surface area contributed by atoms with E-state index in [0.29, 0.717) is 27.1 Å². The average molecular weight is 430 g/mol. The molecule has 1 aromatic carbocycles. The molecule has 1 heterocycles. The maximum absolute atomic E-state index is 12.4. The van der Waals surface area contributed by atoms with E-state index in [1.807, 2.05) is 13.0 Å². The van der Waals surface area contributed by atoms with Gasteiger partial charge >= 0.3 is 5.97 Å². The van der Waals surface area contributed by atoms with Crippen LogP contribution < -0.4 is 4.74 Å². The van der Waals surface area contributed by atoms with Crippen molar-refractivity contribution in [1.29, 1.82) is 0 Å². The molecule has 0 aromatic heterocycles. The SMILES string of the molecule is CCCN1C(=O)/C(=C/c2cc(Br)ccc2OCC(=O)OC)SC1=S. The lowest BCUT2D eigenvalue weighted by atomic mass is 10.2. The molecule has 0 radical (unpaired) electrons. The van der Waals surface area contributed by atoms with Gasteiger partial charge in [0.15, 0.2) is 6.61 Å². The second kappa shape index (κ2) is 8.64. The summed E-state index contributed by atoms with van der Waals surface area (Å²) in [6, 6.07) is 5.34. The van der Waals surface area contributed by atoms with Crippen molar-refractivity contribution >= 4 is 62.2 Å². The number of hydrogen-bond acceptors (Lipinski definition) is 6. The highest BCUT2D eigenvalue weighted by Crippen LogP contribution is 2.35. The molecule has 24 heavy (non-hydrogen) atoms. The van der Waals surface area contributed by atoms with E-state index in [9.17, 15) is 9.59 Å². The van der Waals surface area contributed by atoms with Crippen molar-refractivity contribution < 1.29 is 19.1 Å². The second-order valence-corrected chi connectivity index (χ2v) is 7.47. The Labute approximate surface area is 158 Å². The van der Waals surface area contributed by atoms with Crippen LogP contribution in [0.2, 0.25) is 0 Å². The van der Waals surface area contributed by atoms with Crippen LogP contribution in [0, 0.1) is 0 Å². The summed E-state index contributed by atoms with van der Waals surface area (Å²) >= 11 is 9.93. The first-order valence-corrected chi connectivity index (χ1v) is 9.22. The maximum Gasteiger partial charge on any atom is 0.343 e. The van der Waals surface area contributed by atoms with E-state index in [-0.39, 0.29) is 12.5 Å². The quantitative estimate of drug-likeness (QED) is 0.391. The standard InChI is InChI=1S/C16H16BrNO4S2/c1-3-6-18-15(20)13(24-16(18)23)8-10-7-11(17)4-5-12(10)22-9-14(19)21-2/h4-5,7-8H,3,6,9H2,1-2H3/b13-8-. The summed E-state index contributed by atoms with van der Waals surface area (Å²) in [6.45, 7) is 2.40. The van der Waals surface area contributed by atoms with Gasteiger partial charge in [-0.1, -0.05) is 46.8 Å². The molecule has 0 spiro atoms. The van der Waals surface area contributed by atoms with Crippen molar-refractivity contribution in [2.75, 3.05) is 20.3 Å². The van der Waals surface area contributed by atoms with Crippen LogP contribution in [0.4, 0.5) is 0 Å². The number of rotatable bonds is 6. The number of thiocarbonyl (C=S) groups is 1. The molecule has 0 unspecified atom stereocenters. The molecule has 1 aliphatic heterocycles. The van der Waals surface area contributed by atoms with Crippen LogP contribution in [0.25, 0.3) is 6.08 Å². The minimum atomic E-state index is -0.474. The van der Waals surface area contributed by atoms with Gasteiger partial charge in [-0.05, 0) is 30.7 Å². The summed E-state index contributed by atoms with van der Waals surface area (Å²) in [5.74, 6) is -0.0896. The predicted molar refractivity (Wildman–Crippen MR) is 102 cm³/mol. The van der Waals surface area contributed by atoms with Gasteiger partial charge in [-0.3, -0.25) is 9.69 Å². The van der Waals surface area contributed by atoms with E-state index < -0.39 is 5.97 Å². The van der Waals surface area contributed by atoms with Gasteiger partial charge in [0.2, 0.25) is 0 Å². The van der Waals surface area contributed by atoms with Crippen LogP contribution in [-0.4, -0.2) is 41.4 Å². The Balaban J connectivity index is 2.28. The highest BCUT2D eigenvalue weighted by atomic mass is 79.9. The fraction of sp³-hybridized carbons (Fsp3) is 0.312. The van der Waals surface area contributed by atoms with Gasteiger partial charge in [-0.15, -0.1) is 0 Å². The zero-order valence-corrected chi connectivity index (χ0v) is 16.4. The third-order valence-electron chi connectivity index (χ3n) is 3.15. The lowest BCUT2D eigenvalue weighted by Crippen LogP contribution is -2.28. The summed E-state index contributed by atoms with van der Waals surface area (Å²) in [4.78, 5) is 25.8. The normalized spacial score (nSPS) is 16.0. The second-order valence-electron chi connectivity index (χ2n) is 4.88. The van der Waals surface area contributed by atoms with Crippen molar-refractivity contribution in [1.82, 2.24) is 4.90 Å². The highest BCUT2D eigenvalue weighted by Gasteiger charge is 2.31. The van der Waals surface area contributed by atoms with Gasteiger partial charge in [-0.25, -0.2) is 4.79 Å². The number of amides is 1. The zero-order valence-electron chi connectivity index (χ0n) is 13.2. The van der Waals surface area contributed by atoms with E-state index in [1.54, 1.807) is 23.1 Å². The Bertz CT molecular complexity index is 705. The van der Waals surface area contributed by atoms with Gasteiger partial charge in [-0.2, -0.15) is 0 Å². The summed E-state index contributed by atoms with van der Waals surface area (Å²) in [5, 5.41) is 0. The van der Waals surface area contributed by atoms with Crippen LogP contribution >= 0.6 is 39.9 Å². The largest absolute Gasteiger partial charge is 0.481 e. The molecule has 0 atom stereocenters. The van der Waals surface area contributed by atoms with E-state index in [1.165, 1.54) is 18.9 Å². The molecular weight excluding hydrogens is 414 g/mol. The molecule has 8 heteroatoms. The number of benzene rings is 1. The summed E-state index contributed by atoms with van der Waals surface area (Å²) in [7, 11) is 1.30. The van der Waals surface area contributed by atoms with Crippen LogP contribution in [0.5, 0.6) is 5.75 Å². The zero-order chi connectivity index (χ0) is 17.7. The Morgan fingerprint density at radius 3 is 2.88 bits per heavy atom. The third-order valence-corrected chi connectivity index (χ3v) is 5.02. The van der Waals surface area contributed by atoms with E-state index in [4.69, 9.17) is 17.0 Å². The van der Waals surface area contributed by atoms with E-state index in [2.05, 4.69) is 20.7 Å². The molecule has 1 fully saturated rings. The fourth-order valence-electron chi connectivity index (χ4n) is 2.02. The van der Waals surface area contributed by atoms with Gasteiger partial charge in [0.05, 0.1) is 12.0 Å². The summed E-state index contributed by atoms with van der Waals surface area (Å²) in [6.07, 6.45) is 2.57. The number of nitrogens with zero attached hydrogens (tertiary/aromatic N) is 1. The Morgan fingerprint density at radius 2 is 2.21 bits per heavy atom. The van der Waals surface area contributed by atoms with E-state index in [0.717, 1.165) is 10.9 Å². The number of hydrogen-bond donors (Lipinski definition) is 0. The Kier molecular flexibility index (Phi) is 6.82. The fourth-order valence-corrected chi connectivity index (χ4v) is 3.70. The number of ether oxygens (including phenoxy) is 2. The molecular formula is C16H16BrNO4S2. The number of esters is 1. The predicted octanol–water partition coefficient (Wildman–Crippen LogP) is 3.61. The van der Waals surface area contributed by atoms with Crippen LogP contribution in [0.1, 0.15) is 18.9 Å². The molecule has 128 valence electrons. The molecule has 1 saturated heterocycles. The number of carbonyl (C=O) groups is 2. The Morgan fingerprint density at radius 1 is 1.46 bits per heavy atom. The minimum absolute atomic E-state index is 0.106. The summed E-state index contributed by atoms with van der Waals surface area (Å²) in [5.41, 5.74) is 0.685. The molecule has 0 aliphatic carbocycles. The number of methoxy groups -OCH3 is 1. The first-order valence-electron chi connectivity index (χ1n) is 7.20. The maximum atomic E-state index is 12.4. The minimum Gasteiger partial charge on any atom is -0.481 e. The number of halogens is 1. The molecule has 0 N–H and O–H groups in total. The lowest BCUT2D eigenvalue weighted by Gasteiger charge is -2.12. The number of carbonyl (C=O) groups excluding carboxylic acids is 2. The molecule has 1 amide bonds. The average Bonchev–Trinajstić information content (AvgIpc) is 2.81. The van der Waals surface area contributed by atoms with Crippen molar-refractivity contribution in [2.45, 2.75) is 13.3 Å². The van der Waals surface area contributed by atoms with Gasteiger partial charge in [0, 0.05) is 16.6 Å². The molecule has 2 rings (SSSR count). The smallest absolute Gasteiger partial charge is 0.343 e. The first-order chi connectivity index (χ1) is 11.5.